The molecule has 0 aromatic carbocycles. The highest BCUT2D eigenvalue weighted by atomic mass is 16.4. The molecular formula is C10H16N4O3. The van der Waals surface area contributed by atoms with E-state index < -0.39 is 5.97 Å². The zero-order chi connectivity index (χ0) is 12.4. The number of hydrogen-bond acceptors (Lipinski definition) is 5. The van der Waals surface area contributed by atoms with Crippen LogP contribution in [0.4, 0.5) is 0 Å². The molecule has 1 saturated heterocycles. The van der Waals surface area contributed by atoms with Crippen molar-refractivity contribution in [1.82, 2.24) is 19.9 Å². The zero-order valence-corrected chi connectivity index (χ0v) is 9.65. The molecule has 7 nitrogen and oxygen atoms in total. The van der Waals surface area contributed by atoms with Gasteiger partial charge in [0.2, 0.25) is 0 Å². The lowest BCUT2D eigenvalue weighted by Crippen LogP contribution is -2.50. The number of likely N-dealkylation sites (tertiary alicyclic amines) is 1. The summed E-state index contributed by atoms with van der Waals surface area (Å²) in [6.45, 7) is 4.16. The van der Waals surface area contributed by atoms with Crippen LogP contribution in [0.2, 0.25) is 0 Å². The van der Waals surface area contributed by atoms with Gasteiger partial charge in [-0.1, -0.05) is 12.1 Å². The van der Waals surface area contributed by atoms with Crippen molar-refractivity contribution in [2.24, 2.45) is 0 Å². The normalized spacial score (nSPS) is 18.9. The van der Waals surface area contributed by atoms with Gasteiger partial charge in [0.05, 0.1) is 18.3 Å². The van der Waals surface area contributed by atoms with E-state index in [1.165, 1.54) is 6.20 Å². The average molecular weight is 240 g/mol. The van der Waals surface area contributed by atoms with Crippen molar-refractivity contribution in [2.45, 2.75) is 25.5 Å². The highest BCUT2D eigenvalue weighted by Crippen LogP contribution is 2.20. The van der Waals surface area contributed by atoms with E-state index in [4.69, 9.17) is 5.11 Å². The maximum atomic E-state index is 10.6. The lowest BCUT2D eigenvalue weighted by Gasteiger charge is -2.39. The summed E-state index contributed by atoms with van der Waals surface area (Å²) in [5.41, 5.74) is -0.0305. The van der Waals surface area contributed by atoms with Crippen LogP contribution in [0.15, 0.2) is 6.20 Å². The van der Waals surface area contributed by atoms with E-state index in [1.807, 2.05) is 6.92 Å². The van der Waals surface area contributed by atoms with E-state index >= 15 is 0 Å². The monoisotopic (exact) mass is 240 g/mol. The molecule has 1 unspecified atom stereocenters. The Morgan fingerprint density at radius 2 is 2.35 bits per heavy atom. The van der Waals surface area contributed by atoms with Crippen LogP contribution >= 0.6 is 0 Å². The molecule has 2 rings (SSSR count). The van der Waals surface area contributed by atoms with Crippen molar-refractivity contribution >= 4 is 5.97 Å². The highest BCUT2D eigenvalue weighted by molar-refractivity contribution is 5.84. The fourth-order valence-electron chi connectivity index (χ4n) is 1.84. The molecule has 1 aromatic rings. The summed E-state index contributed by atoms with van der Waals surface area (Å²) >= 11 is 0. The molecule has 1 fully saturated rings. The first-order chi connectivity index (χ1) is 8.10. The molecule has 17 heavy (non-hydrogen) atoms. The van der Waals surface area contributed by atoms with Crippen LogP contribution < -0.4 is 0 Å². The van der Waals surface area contributed by atoms with Gasteiger partial charge in [-0.25, -0.2) is 9.48 Å². The number of rotatable bonds is 5. The first-order valence-electron chi connectivity index (χ1n) is 5.65. The molecular weight excluding hydrogens is 224 g/mol. The van der Waals surface area contributed by atoms with E-state index in [9.17, 15) is 9.90 Å². The predicted molar refractivity (Wildman–Crippen MR) is 58.8 cm³/mol. The maximum absolute atomic E-state index is 10.6. The van der Waals surface area contributed by atoms with Crippen molar-refractivity contribution in [3.8, 4) is 0 Å². The van der Waals surface area contributed by atoms with Crippen LogP contribution in [-0.2, 0) is 0 Å². The molecule has 2 N–H and O–H groups in total. The standard InChI is InChI=1S/C10H16N4O3/c1-2-8(15)5-13-3-7(4-13)14-6-9(10(16)17)11-12-14/h6-8,15H,2-5H2,1H3,(H,16,17). The van der Waals surface area contributed by atoms with Crippen molar-refractivity contribution < 1.29 is 15.0 Å². The number of carbonyl (C=O) groups is 1. The second-order valence-corrected chi connectivity index (χ2v) is 4.32. The van der Waals surface area contributed by atoms with Gasteiger partial charge < -0.3 is 10.2 Å². The number of aromatic carboxylic acids is 1. The van der Waals surface area contributed by atoms with Gasteiger partial charge >= 0.3 is 5.97 Å². The first-order valence-corrected chi connectivity index (χ1v) is 5.65. The predicted octanol–water partition coefficient (Wildman–Crippen LogP) is -0.396. The Hall–Kier alpha value is -1.47. The number of carboxylic acid groups (broad SMARTS) is 1. The average Bonchev–Trinajstić information content (AvgIpc) is 2.71. The van der Waals surface area contributed by atoms with Crippen molar-refractivity contribution in [3.63, 3.8) is 0 Å². The molecule has 0 amide bonds. The first kappa shape index (κ1) is 12.0. The van der Waals surface area contributed by atoms with Gasteiger partial charge in [0, 0.05) is 19.6 Å². The summed E-state index contributed by atoms with van der Waals surface area (Å²) in [5.74, 6) is -1.06. The Morgan fingerprint density at radius 1 is 1.65 bits per heavy atom. The number of β-amino-alcohol motifs (C(OH)–C–C–N with tert-alkyl or cyclic N) is 1. The molecule has 0 aliphatic carbocycles. The van der Waals surface area contributed by atoms with Gasteiger partial charge in [-0.3, -0.25) is 4.90 Å². The second kappa shape index (κ2) is 4.80. The second-order valence-electron chi connectivity index (χ2n) is 4.32. The van der Waals surface area contributed by atoms with Crippen LogP contribution in [0.5, 0.6) is 0 Å². The van der Waals surface area contributed by atoms with Crippen LogP contribution in [-0.4, -0.2) is 61.8 Å². The molecule has 7 heteroatoms. The smallest absolute Gasteiger partial charge is 0.358 e. The molecule has 2 heterocycles. The Bertz CT molecular complexity index is 400. The van der Waals surface area contributed by atoms with Gasteiger partial charge in [-0.2, -0.15) is 0 Å². The fraction of sp³-hybridized carbons (Fsp3) is 0.700. The molecule has 0 saturated carbocycles. The number of hydrogen-bond donors (Lipinski definition) is 2. The van der Waals surface area contributed by atoms with E-state index in [-0.39, 0.29) is 17.8 Å². The molecule has 0 spiro atoms. The molecule has 0 bridgehead atoms. The molecule has 1 aromatic heterocycles. The number of carboxylic acids is 1. The summed E-state index contributed by atoms with van der Waals surface area (Å²) < 4.78 is 1.58. The van der Waals surface area contributed by atoms with E-state index in [0.29, 0.717) is 6.54 Å². The van der Waals surface area contributed by atoms with E-state index in [2.05, 4.69) is 15.2 Å². The van der Waals surface area contributed by atoms with Crippen molar-refractivity contribution in [1.29, 1.82) is 0 Å². The Balaban J connectivity index is 1.84. The Morgan fingerprint density at radius 3 is 2.88 bits per heavy atom. The molecule has 94 valence electrons. The number of aliphatic hydroxyl groups excluding tert-OH is 1. The number of aliphatic hydroxyl groups is 1. The fourth-order valence-corrected chi connectivity index (χ4v) is 1.84. The van der Waals surface area contributed by atoms with Crippen LogP contribution in [0.3, 0.4) is 0 Å². The molecule has 1 aliphatic rings. The third kappa shape index (κ3) is 2.62. The number of nitrogens with zero attached hydrogens (tertiary/aromatic N) is 4. The summed E-state index contributed by atoms with van der Waals surface area (Å²) in [6.07, 6.45) is 1.90. The van der Waals surface area contributed by atoms with Crippen LogP contribution in [0.1, 0.15) is 29.9 Å². The van der Waals surface area contributed by atoms with Crippen molar-refractivity contribution in [2.75, 3.05) is 19.6 Å². The van der Waals surface area contributed by atoms with Crippen molar-refractivity contribution in [3.05, 3.63) is 11.9 Å². The van der Waals surface area contributed by atoms with E-state index in [0.717, 1.165) is 19.5 Å². The molecule has 1 atom stereocenters. The van der Waals surface area contributed by atoms with Gasteiger partial charge in [-0.15, -0.1) is 5.10 Å². The zero-order valence-electron chi connectivity index (χ0n) is 9.65. The Labute approximate surface area is 98.7 Å². The maximum Gasteiger partial charge on any atom is 0.358 e. The minimum Gasteiger partial charge on any atom is -0.476 e. The lowest BCUT2D eigenvalue weighted by molar-refractivity contribution is 0.0387. The summed E-state index contributed by atoms with van der Waals surface area (Å²) in [5, 5.41) is 25.5. The third-order valence-electron chi connectivity index (χ3n) is 2.98. The quantitative estimate of drug-likeness (QED) is 0.728. The van der Waals surface area contributed by atoms with E-state index in [1.54, 1.807) is 4.68 Å². The summed E-state index contributed by atoms with van der Waals surface area (Å²) in [7, 11) is 0. The van der Waals surface area contributed by atoms with Crippen LogP contribution in [0.25, 0.3) is 0 Å². The summed E-state index contributed by atoms with van der Waals surface area (Å²) in [4.78, 5) is 12.7. The minimum absolute atomic E-state index is 0.0305. The van der Waals surface area contributed by atoms with Gasteiger partial charge in [0.1, 0.15) is 0 Å². The lowest BCUT2D eigenvalue weighted by atomic mass is 10.1. The molecule has 1 aliphatic heterocycles. The molecule has 0 radical (unpaired) electrons. The summed E-state index contributed by atoms with van der Waals surface area (Å²) in [6, 6.07) is 0.166. The third-order valence-corrected chi connectivity index (χ3v) is 2.98. The topological polar surface area (TPSA) is 91.5 Å². The minimum atomic E-state index is -1.06. The largest absolute Gasteiger partial charge is 0.476 e. The SMILES string of the molecule is CCC(O)CN1CC(n2cc(C(=O)O)nn2)C1. The van der Waals surface area contributed by atoms with Gasteiger partial charge in [0.15, 0.2) is 5.69 Å². The Kier molecular flexibility index (Phi) is 3.39. The highest BCUT2D eigenvalue weighted by Gasteiger charge is 2.30. The van der Waals surface area contributed by atoms with Crippen LogP contribution in [0, 0.1) is 0 Å². The number of aromatic nitrogens is 3. The van der Waals surface area contributed by atoms with Gasteiger partial charge in [-0.05, 0) is 6.42 Å². The van der Waals surface area contributed by atoms with Gasteiger partial charge in [0.25, 0.3) is 0 Å².